The minimum Gasteiger partial charge on any atom is -0.477 e. The van der Waals surface area contributed by atoms with Crippen LogP contribution in [0.25, 0.3) is 0 Å². The molecule has 43 nitrogen and oxygen atoms in total. The van der Waals surface area contributed by atoms with Crippen LogP contribution >= 0.6 is 0 Å². The number of unbranched alkanes of at least 4 members (excludes halogenated alkanes) is 31. The molecule has 25 N–H and O–H groups in total. The molecule has 0 aliphatic carbocycles. The summed E-state index contributed by atoms with van der Waals surface area (Å²) in [5.41, 5.74) is 0. The molecule has 4 amide bonds. The number of aliphatic hydroxyl groups is 19. The molecule has 12 unspecified atom stereocenters. The number of carbonyl (C=O) groups is 6. The molecule has 6 heterocycles. The van der Waals surface area contributed by atoms with Gasteiger partial charge in [-0.05, 0) is 19.3 Å². The average Bonchev–Trinajstić information content (AvgIpc) is 0.749. The zero-order valence-electron chi connectivity index (χ0n) is 77.8. The molecular formula is C90H160N4O39. The molecule has 43 heteroatoms. The van der Waals surface area contributed by atoms with Crippen molar-refractivity contribution < 1.29 is 193 Å². The Morgan fingerprint density at radius 2 is 0.737 bits per heavy atom. The first kappa shape index (κ1) is 117. The number of nitrogens with one attached hydrogen (secondary N) is 4. The monoisotopic (exact) mass is 1920 g/mol. The minimum atomic E-state index is -3.50. The van der Waals surface area contributed by atoms with Crippen LogP contribution in [0.5, 0.6) is 0 Å². The Morgan fingerprint density at radius 3 is 1.14 bits per heavy atom. The molecule has 774 valence electrons. The van der Waals surface area contributed by atoms with Crippen molar-refractivity contribution in [1.82, 2.24) is 21.3 Å². The summed E-state index contributed by atoms with van der Waals surface area (Å²) in [6.07, 6.45) is -24.0. The second-order valence-corrected chi connectivity index (χ2v) is 36.4. The van der Waals surface area contributed by atoms with Crippen LogP contribution in [0.2, 0.25) is 0 Å². The number of carboxylic acids is 2. The van der Waals surface area contributed by atoms with Crippen molar-refractivity contribution >= 4 is 35.6 Å². The highest BCUT2D eigenvalue weighted by Crippen LogP contribution is 2.43. The van der Waals surface area contributed by atoms with Gasteiger partial charge in [0, 0.05) is 40.0 Å². The van der Waals surface area contributed by atoms with Gasteiger partial charge in [0.05, 0.1) is 82.7 Å². The number of aliphatic carboxylic acids is 2. The molecule has 0 aromatic rings. The number of hydrogen-bond donors (Lipinski definition) is 25. The Kier molecular flexibility index (Phi) is 53.8. The molecule has 6 aliphatic rings. The van der Waals surface area contributed by atoms with E-state index in [0.29, 0.717) is 12.8 Å². The van der Waals surface area contributed by atoms with Gasteiger partial charge in [-0.1, -0.05) is 219 Å². The number of ether oxygens (including phenoxy) is 12. The van der Waals surface area contributed by atoms with E-state index < -0.39 is 302 Å². The molecule has 6 fully saturated rings. The molecule has 6 aliphatic heterocycles. The Morgan fingerprint density at radius 1 is 0.391 bits per heavy atom. The van der Waals surface area contributed by atoms with Crippen molar-refractivity contribution in [2.24, 2.45) is 0 Å². The van der Waals surface area contributed by atoms with Gasteiger partial charge in [0.25, 0.3) is 11.6 Å². The van der Waals surface area contributed by atoms with Gasteiger partial charge in [0.15, 0.2) is 25.2 Å². The van der Waals surface area contributed by atoms with Crippen LogP contribution in [0.3, 0.4) is 0 Å². The van der Waals surface area contributed by atoms with Crippen LogP contribution in [0.15, 0.2) is 12.2 Å². The lowest BCUT2D eigenvalue weighted by molar-refractivity contribution is -0.405. The number of rotatable bonds is 65. The van der Waals surface area contributed by atoms with E-state index in [2.05, 4.69) is 35.1 Å². The highest BCUT2D eigenvalue weighted by atomic mass is 16.8. The van der Waals surface area contributed by atoms with Gasteiger partial charge in [0.1, 0.15) is 134 Å². The predicted octanol–water partition coefficient (Wildman–Crippen LogP) is -1.53. The fourth-order valence-corrected chi connectivity index (χ4v) is 18.0. The van der Waals surface area contributed by atoms with E-state index in [1.807, 2.05) is 0 Å². The van der Waals surface area contributed by atoms with Crippen molar-refractivity contribution in [3.8, 4) is 0 Å². The van der Waals surface area contributed by atoms with Crippen molar-refractivity contribution in [3.05, 3.63) is 12.2 Å². The smallest absolute Gasteiger partial charge is 0.364 e. The molecule has 0 radical (unpaired) electrons. The number of carboxylic acid groups (broad SMARTS) is 2. The third kappa shape index (κ3) is 35.8. The van der Waals surface area contributed by atoms with Crippen molar-refractivity contribution in [2.45, 2.75) is 473 Å². The SMILES string of the molecule is CCCCCCCCCCCCC/C=C/[C@@H](O)[C@H](CO[C@@H]1OC(CO)[C@@H](O[C@@H]2OC(CO)[C@H](O[C@@H]3OC(CO)[C@H](O)[C@H](O[C@@H]4OC(CO)[C@H](O)[C@H](O[C@]5(C(=O)O)CC(O)[C@@H](NC(C)=O)C([C@H](O)[C@H](O)CO)O5)C4O)C3NC(C)=O)[C@H](O[C@]3(C(=O)O)CC(O)[C@@H](NC(C)=O)C([C@H](O)[C@H](O)CO)O3)C2O)[C@H](O)C1O)NC(=O)CCCCCCCCCCCCCCCCCCCCCCC. The van der Waals surface area contributed by atoms with Crippen LogP contribution in [0.4, 0.5) is 0 Å². The van der Waals surface area contributed by atoms with E-state index in [4.69, 9.17) is 56.8 Å². The number of carbonyl (C=O) groups excluding carboxylic acids is 4. The molecule has 0 spiro atoms. The van der Waals surface area contributed by atoms with Gasteiger partial charge >= 0.3 is 11.9 Å². The van der Waals surface area contributed by atoms with Gasteiger partial charge in [-0.25, -0.2) is 9.59 Å². The molecule has 6 saturated heterocycles. The Bertz CT molecular complexity index is 3310. The zero-order chi connectivity index (χ0) is 98.1. The topological polar surface area (TPSA) is 686 Å². The van der Waals surface area contributed by atoms with E-state index >= 15 is 0 Å². The van der Waals surface area contributed by atoms with E-state index in [9.17, 15) is 136 Å². The predicted molar refractivity (Wildman–Crippen MR) is 467 cm³/mol. The van der Waals surface area contributed by atoms with Crippen LogP contribution in [0, 0.1) is 0 Å². The summed E-state index contributed by atoms with van der Waals surface area (Å²) in [6, 6.07) is -6.95. The maximum absolute atomic E-state index is 14.1. The van der Waals surface area contributed by atoms with E-state index in [1.54, 1.807) is 6.08 Å². The third-order valence-corrected chi connectivity index (χ3v) is 25.6. The summed E-state index contributed by atoms with van der Waals surface area (Å²) in [5, 5.41) is 248. The lowest BCUT2D eigenvalue weighted by Gasteiger charge is -2.53. The lowest BCUT2D eigenvalue weighted by atomic mass is 9.88. The molecule has 0 aromatic heterocycles. The fourth-order valence-electron chi connectivity index (χ4n) is 18.0. The molecule has 6 rings (SSSR count). The summed E-state index contributed by atoms with van der Waals surface area (Å²) in [5.74, 6) is -14.5. The van der Waals surface area contributed by atoms with E-state index in [1.165, 1.54) is 141 Å². The standard InChI is InChI=1S/C90H160N4O39/c1-6-8-10-12-14-16-18-20-21-22-23-24-25-26-27-29-31-33-35-37-39-41-64(109)94-54(55(104)40-38-36-34-32-30-28-19-17-15-13-11-9-7-2)50-122-84-73(115)72(114)76(62(48-99)125-84)127-86-75(117)82(133-90(88(120)121)43-57(106)66(92-52(4)102)80(131-90)69(111)59(108)45-96)77(63(49-100)126-86)128-83-67(93-53(5)103)78(70(112)60(46-97)123-83)129-85-74(116)81(71(113)61(47-98)124-85)132-89(87(118)119)42-56(105)65(91-51(3)101)79(130-89)68(110)58(107)44-95/h38,40,54-63,65-86,95-100,104-108,110-117H,6-37,39,41-50H2,1-5H3,(H,91,101)(H,92,102)(H,93,103)(H,94,109)(H,118,119)(H,120,121)/b40-38+/t54-,55+,56?,57?,58+,59+,60?,61?,62?,63?,65+,66+,67?,68+,69+,70-,71-,72+,73?,74?,75?,76+,77-,78+,79?,80?,81-,82+,83-,84+,85-,86-,89-,90-/m0/s1. The molecule has 34 atom stereocenters. The van der Waals surface area contributed by atoms with Crippen molar-refractivity contribution in [1.29, 1.82) is 0 Å². The number of hydrogen-bond acceptors (Lipinski definition) is 37. The summed E-state index contributed by atoms with van der Waals surface area (Å²) < 4.78 is 72.5. The van der Waals surface area contributed by atoms with Crippen LogP contribution in [-0.2, 0) is 85.6 Å². The Hall–Kier alpha value is -4.68. The Labute approximate surface area is 778 Å². The molecular weight excluding hydrogens is 1760 g/mol. The normalized spacial score (nSPS) is 34.1. The highest BCUT2D eigenvalue weighted by Gasteiger charge is 2.64. The zero-order valence-corrected chi connectivity index (χ0v) is 77.8. The maximum Gasteiger partial charge on any atom is 0.364 e. The number of allylic oxidation sites excluding steroid dienone is 1. The fraction of sp³-hybridized carbons (Fsp3) is 0.911. The maximum atomic E-state index is 14.1. The summed E-state index contributed by atoms with van der Waals surface area (Å²) >= 11 is 0. The van der Waals surface area contributed by atoms with Crippen LogP contribution < -0.4 is 21.3 Å². The highest BCUT2D eigenvalue weighted by molar-refractivity contribution is 5.78. The van der Waals surface area contributed by atoms with Crippen LogP contribution in [0.1, 0.15) is 266 Å². The molecule has 0 saturated carbocycles. The first-order valence-corrected chi connectivity index (χ1v) is 48.2. The average molecular weight is 1920 g/mol. The van der Waals surface area contributed by atoms with Gasteiger partial charge in [-0.2, -0.15) is 0 Å². The lowest BCUT2D eigenvalue weighted by Crippen LogP contribution is -2.72. The summed E-state index contributed by atoms with van der Waals surface area (Å²) in [7, 11) is 0. The van der Waals surface area contributed by atoms with Gasteiger partial charge in [-0.3, -0.25) is 19.2 Å². The van der Waals surface area contributed by atoms with Gasteiger partial charge in [-0.15, -0.1) is 0 Å². The number of aliphatic hydroxyl groups excluding tert-OH is 19. The summed E-state index contributed by atoms with van der Waals surface area (Å²) in [4.78, 5) is 79.7. The van der Waals surface area contributed by atoms with E-state index in [0.717, 1.165) is 85.0 Å². The third-order valence-electron chi connectivity index (χ3n) is 25.6. The largest absolute Gasteiger partial charge is 0.477 e. The molecule has 0 aromatic carbocycles. The first-order valence-electron chi connectivity index (χ1n) is 48.2. The second-order valence-electron chi connectivity index (χ2n) is 36.4. The van der Waals surface area contributed by atoms with Gasteiger partial charge < -0.3 is 185 Å². The second kappa shape index (κ2) is 61.1. The quantitative estimate of drug-likeness (QED) is 0.0243. The van der Waals surface area contributed by atoms with Crippen LogP contribution in [-0.4, -0.2) is 396 Å². The molecule has 133 heavy (non-hydrogen) atoms. The summed E-state index contributed by atoms with van der Waals surface area (Å²) in [6.45, 7) is -0.796. The van der Waals surface area contributed by atoms with Gasteiger partial charge in [0.2, 0.25) is 23.6 Å². The molecule has 0 bridgehead atoms. The number of amides is 4. The minimum absolute atomic E-state index is 0.0960. The Balaban J connectivity index is 1.25. The first-order chi connectivity index (χ1) is 63.6. The van der Waals surface area contributed by atoms with Crippen molar-refractivity contribution in [2.75, 3.05) is 46.2 Å². The van der Waals surface area contributed by atoms with E-state index in [-0.39, 0.29) is 6.42 Å². The van der Waals surface area contributed by atoms with Crippen molar-refractivity contribution in [3.63, 3.8) is 0 Å².